The smallest absolute Gasteiger partial charge is 0.261 e. The van der Waals surface area contributed by atoms with E-state index < -0.39 is 26.0 Å². The third kappa shape index (κ3) is 5.97. The van der Waals surface area contributed by atoms with Gasteiger partial charge in [-0.2, -0.15) is 0 Å². The molecule has 0 bridgehead atoms. The molecule has 12 heteroatoms. The average molecular weight is 528 g/mol. The summed E-state index contributed by atoms with van der Waals surface area (Å²) < 4.78 is 52.0. The van der Waals surface area contributed by atoms with Gasteiger partial charge in [-0.05, 0) is 60.7 Å². The summed E-state index contributed by atoms with van der Waals surface area (Å²) in [5, 5.41) is 2.95. The van der Waals surface area contributed by atoms with Gasteiger partial charge in [-0.3, -0.25) is 13.8 Å². The van der Waals surface area contributed by atoms with E-state index in [1.165, 1.54) is 67.7 Å². The van der Waals surface area contributed by atoms with E-state index in [1.807, 2.05) is 0 Å². The van der Waals surface area contributed by atoms with Crippen LogP contribution < -0.4 is 14.3 Å². The maximum absolute atomic E-state index is 12.6. The van der Waals surface area contributed by atoms with E-state index in [4.69, 9.17) is 23.2 Å². The van der Waals surface area contributed by atoms with Gasteiger partial charge in [-0.1, -0.05) is 29.3 Å². The van der Waals surface area contributed by atoms with E-state index in [1.54, 1.807) is 6.07 Å². The van der Waals surface area contributed by atoms with E-state index in [2.05, 4.69) is 10.0 Å². The Labute approximate surface area is 202 Å². The molecule has 2 N–H and O–H groups in total. The van der Waals surface area contributed by atoms with Crippen molar-refractivity contribution in [3.05, 3.63) is 82.3 Å². The summed E-state index contributed by atoms with van der Waals surface area (Å²) in [6, 6.07) is 16.1. The summed E-state index contributed by atoms with van der Waals surface area (Å²) in [4.78, 5) is 12.4. The zero-order chi connectivity index (χ0) is 24.4. The van der Waals surface area contributed by atoms with E-state index >= 15 is 0 Å². The Morgan fingerprint density at radius 1 is 0.879 bits per heavy atom. The number of hydrogen-bond donors (Lipinski definition) is 2. The van der Waals surface area contributed by atoms with Crippen molar-refractivity contribution in [3.8, 4) is 0 Å². The summed E-state index contributed by atoms with van der Waals surface area (Å²) in [5.41, 5.74) is 1.23. The molecule has 0 spiro atoms. The Hall–Kier alpha value is -2.79. The second kappa shape index (κ2) is 9.60. The zero-order valence-corrected chi connectivity index (χ0v) is 20.6. The third-order valence-electron chi connectivity index (χ3n) is 4.61. The molecule has 0 saturated heterocycles. The SMILES string of the molecule is CN(c1ccc(C(=O)Nc2ccc(S(=O)(=O)Nc3cccc(Cl)c3Cl)cc2)cc1)S(C)(=O)=O. The first-order valence-corrected chi connectivity index (χ1v) is 13.4. The van der Waals surface area contributed by atoms with E-state index in [-0.39, 0.29) is 20.6 Å². The minimum absolute atomic E-state index is 0.0373. The van der Waals surface area contributed by atoms with Gasteiger partial charge in [0, 0.05) is 18.3 Å². The monoisotopic (exact) mass is 527 g/mol. The van der Waals surface area contributed by atoms with E-state index in [0.29, 0.717) is 16.9 Å². The van der Waals surface area contributed by atoms with Gasteiger partial charge in [0.1, 0.15) is 0 Å². The number of benzene rings is 3. The zero-order valence-electron chi connectivity index (χ0n) is 17.4. The molecule has 33 heavy (non-hydrogen) atoms. The highest BCUT2D eigenvalue weighted by Crippen LogP contribution is 2.31. The summed E-state index contributed by atoms with van der Waals surface area (Å²) >= 11 is 12.0. The fourth-order valence-corrected chi connectivity index (χ4v) is 4.70. The lowest BCUT2D eigenvalue weighted by atomic mass is 10.2. The van der Waals surface area contributed by atoms with Crippen molar-refractivity contribution in [1.29, 1.82) is 0 Å². The van der Waals surface area contributed by atoms with Crippen LogP contribution in [-0.2, 0) is 20.0 Å². The van der Waals surface area contributed by atoms with Gasteiger partial charge in [0.25, 0.3) is 15.9 Å². The molecule has 0 atom stereocenters. The van der Waals surface area contributed by atoms with Crippen molar-refractivity contribution in [1.82, 2.24) is 0 Å². The molecule has 0 fully saturated rings. The van der Waals surface area contributed by atoms with Crippen LogP contribution in [0, 0.1) is 0 Å². The van der Waals surface area contributed by atoms with Crippen LogP contribution in [0.25, 0.3) is 0 Å². The number of halogens is 2. The quantitative estimate of drug-likeness (QED) is 0.471. The Balaban J connectivity index is 1.71. The molecule has 1 amide bonds. The van der Waals surface area contributed by atoms with Crippen molar-refractivity contribution < 1.29 is 21.6 Å². The molecular formula is C21H19Cl2N3O5S2. The number of nitrogens with zero attached hydrogens (tertiary/aromatic N) is 1. The van der Waals surface area contributed by atoms with Gasteiger partial charge in [0.2, 0.25) is 10.0 Å². The maximum atomic E-state index is 12.6. The number of nitrogens with one attached hydrogen (secondary N) is 2. The summed E-state index contributed by atoms with van der Waals surface area (Å²) in [6.07, 6.45) is 1.08. The minimum atomic E-state index is -3.93. The van der Waals surface area contributed by atoms with Gasteiger partial charge >= 0.3 is 0 Å². The molecule has 0 heterocycles. The Bertz CT molecular complexity index is 1390. The van der Waals surface area contributed by atoms with Crippen molar-refractivity contribution >= 4 is 66.2 Å². The Morgan fingerprint density at radius 2 is 1.48 bits per heavy atom. The summed E-state index contributed by atoms with van der Waals surface area (Å²) in [7, 11) is -5.94. The van der Waals surface area contributed by atoms with Crippen LogP contribution in [-0.4, -0.2) is 36.0 Å². The number of amides is 1. The number of sulfonamides is 2. The van der Waals surface area contributed by atoms with Crippen molar-refractivity contribution in [3.63, 3.8) is 0 Å². The Morgan fingerprint density at radius 3 is 2.06 bits per heavy atom. The molecule has 0 aliphatic heterocycles. The largest absolute Gasteiger partial charge is 0.322 e. The molecule has 0 saturated carbocycles. The first-order valence-electron chi connectivity index (χ1n) is 9.31. The normalized spacial score (nSPS) is 11.6. The van der Waals surface area contributed by atoms with Crippen molar-refractivity contribution in [2.45, 2.75) is 4.90 Å². The highest BCUT2D eigenvalue weighted by molar-refractivity contribution is 7.92. The Kier molecular flexibility index (Phi) is 7.23. The first-order chi connectivity index (χ1) is 15.4. The lowest BCUT2D eigenvalue weighted by Gasteiger charge is -2.16. The topological polar surface area (TPSA) is 113 Å². The van der Waals surface area contributed by atoms with Crippen LogP contribution in [0.1, 0.15) is 10.4 Å². The van der Waals surface area contributed by atoms with Crippen LogP contribution >= 0.6 is 23.2 Å². The van der Waals surface area contributed by atoms with Crippen LogP contribution in [0.3, 0.4) is 0 Å². The van der Waals surface area contributed by atoms with Gasteiger partial charge in [0.15, 0.2) is 0 Å². The number of rotatable bonds is 7. The van der Waals surface area contributed by atoms with Gasteiger partial charge in [-0.25, -0.2) is 16.8 Å². The number of carbonyl (C=O) groups is 1. The minimum Gasteiger partial charge on any atom is -0.322 e. The van der Waals surface area contributed by atoms with E-state index in [9.17, 15) is 21.6 Å². The average Bonchev–Trinajstić information content (AvgIpc) is 2.76. The summed E-state index contributed by atoms with van der Waals surface area (Å²) in [5.74, 6) is -0.442. The van der Waals surface area contributed by atoms with Crippen LogP contribution in [0.4, 0.5) is 17.1 Å². The molecule has 8 nitrogen and oxygen atoms in total. The molecule has 174 valence electrons. The fraction of sp³-hybridized carbons (Fsp3) is 0.0952. The van der Waals surface area contributed by atoms with Gasteiger partial charge < -0.3 is 5.32 Å². The fourth-order valence-electron chi connectivity index (χ4n) is 2.72. The molecule has 0 aliphatic carbocycles. The standard InChI is InChI=1S/C21H19Cl2N3O5S2/c1-26(32(2,28)29)16-10-6-14(7-11-16)21(27)24-15-8-12-17(13-9-15)33(30,31)25-19-5-3-4-18(22)20(19)23/h3-13,25H,1-2H3,(H,24,27). The second-order valence-corrected chi connectivity index (χ2v) is 11.4. The van der Waals surface area contributed by atoms with Crippen LogP contribution in [0.15, 0.2) is 71.6 Å². The van der Waals surface area contributed by atoms with Gasteiger partial charge in [0.05, 0.1) is 32.6 Å². The molecule has 0 unspecified atom stereocenters. The lowest BCUT2D eigenvalue weighted by Crippen LogP contribution is -2.24. The lowest BCUT2D eigenvalue weighted by molar-refractivity contribution is 0.102. The van der Waals surface area contributed by atoms with Gasteiger partial charge in [-0.15, -0.1) is 0 Å². The summed E-state index contributed by atoms with van der Waals surface area (Å²) in [6.45, 7) is 0. The van der Waals surface area contributed by atoms with Crippen LogP contribution in [0.5, 0.6) is 0 Å². The highest BCUT2D eigenvalue weighted by atomic mass is 35.5. The molecule has 3 rings (SSSR count). The predicted molar refractivity (Wildman–Crippen MR) is 131 cm³/mol. The number of carbonyl (C=O) groups excluding carboxylic acids is 1. The van der Waals surface area contributed by atoms with Crippen molar-refractivity contribution in [2.24, 2.45) is 0 Å². The first kappa shape index (κ1) is 24.8. The second-order valence-electron chi connectivity index (χ2n) is 6.96. The molecule has 3 aromatic carbocycles. The third-order valence-corrected chi connectivity index (χ3v) is 8.02. The maximum Gasteiger partial charge on any atom is 0.261 e. The number of anilines is 3. The van der Waals surface area contributed by atoms with Crippen molar-refractivity contribution in [2.75, 3.05) is 27.6 Å². The predicted octanol–water partition coefficient (Wildman–Crippen LogP) is 4.44. The molecule has 0 aromatic heterocycles. The molecule has 0 radical (unpaired) electrons. The highest BCUT2D eigenvalue weighted by Gasteiger charge is 2.17. The number of hydrogen-bond acceptors (Lipinski definition) is 5. The van der Waals surface area contributed by atoms with E-state index in [0.717, 1.165) is 10.6 Å². The molecule has 3 aromatic rings. The van der Waals surface area contributed by atoms with Crippen LogP contribution in [0.2, 0.25) is 10.0 Å². The molecule has 0 aliphatic rings. The molecular weight excluding hydrogens is 509 g/mol.